The summed E-state index contributed by atoms with van der Waals surface area (Å²) in [5, 5.41) is 0. The van der Waals surface area contributed by atoms with Gasteiger partial charge in [0.1, 0.15) is 0 Å². The van der Waals surface area contributed by atoms with Crippen LogP contribution in [0.3, 0.4) is 0 Å². The molecule has 102 valence electrons. The molecule has 0 N–H and O–H groups in total. The normalized spacial score (nSPS) is 15.4. The zero-order chi connectivity index (χ0) is 16.1. The number of hydrogen-bond acceptors (Lipinski definition) is 0. The maximum atomic E-state index is 8.51. The summed E-state index contributed by atoms with van der Waals surface area (Å²) in [6.07, 6.45) is 0. The third-order valence-electron chi connectivity index (χ3n) is 3.25. The Hall–Kier alpha value is -0.780. The number of hydrogen-bond donors (Lipinski definition) is 0. The maximum absolute atomic E-state index is 8.51. The van der Waals surface area contributed by atoms with Gasteiger partial charge in [0.25, 0.3) is 0 Å². The van der Waals surface area contributed by atoms with Crippen LogP contribution in [-0.4, -0.2) is 0 Å². The lowest BCUT2D eigenvalue weighted by molar-refractivity contribution is 0.523. The monoisotopic (exact) mass is 248 g/mol. The summed E-state index contributed by atoms with van der Waals surface area (Å²) < 4.78 is 16.9. The van der Waals surface area contributed by atoms with Crippen molar-refractivity contribution in [3.8, 4) is 0 Å². The molecular weight excluding hydrogens is 216 g/mol. The third-order valence-corrected chi connectivity index (χ3v) is 3.25. The first-order chi connectivity index (χ1) is 8.67. The van der Waals surface area contributed by atoms with Crippen molar-refractivity contribution in [1.82, 2.24) is 0 Å². The van der Waals surface area contributed by atoms with E-state index in [0.717, 1.165) is 11.1 Å². The highest BCUT2D eigenvalue weighted by Crippen LogP contribution is 2.36. The van der Waals surface area contributed by atoms with Crippen molar-refractivity contribution in [2.24, 2.45) is 0 Å². The average Bonchev–Trinajstić information content (AvgIpc) is 2.15. The van der Waals surface area contributed by atoms with Gasteiger partial charge in [-0.1, -0.05) is 80.5 Å². The van der Waals surface area contributed by atoms with Crippen LogP contribution in [0, 0.1) is 0 Å². The highest BCUT2D eigenvalue weighted by atomic mass is 14.3. The third kappa shape index (κ3) is 3.37. The second-order valence-electron chi connectivity index (χ2n) is 8.35. The van der Waals surface area contributed by atoms with Crippen LogP contribution in [0.2, 0.25) is 0 Å². The summed E-state index contributed by atoms with van der Waals surface area (Å²) in [5.41, 5.74) is 2.95. The lowest BCUT2D eigenvalue weighted by Crippen LogP contribution is -2.23. The van der Waals surface area contributed by atoms with E-state index in [1.165, 1.54) is 5.56 Å². The SMILES string of the molecule is [2H]c1c(C(C)(C)C)cc(C(C)(C)C)c(C(C)(C)C)c1[2H]. The highest BCUT2D eigenvalue weighted by molar-refractivity contribution is 5.42. The van der Waals surface area contributed by atoms with Gasteiger partial charge >= 0.3 is 0 Å². The minimum atomic E-state index is -0.119. The van der Waals surface area contributed by atoms with Crippen molar-refractivity contribution in [3.63, 3.8) is 0 Å². The lowest BCUT2D eigenvalue weighted by atomic mass is 9.73. The van der Waals surface area contributed by atoms with Gasteiger partial charge in [0.2, 0.25) is 0 Å². The molecule has 0 saturated carbocycles. The standard InChI is InChI=1S/C18H30/c1-16(2,3)13-10-11-14(17(4,5)6)15(12-13)18(7,8)9/h10-12H,1-9H3/i10D,11D. The predicted molar refractivity (Wildman–Crippen MR) is 82.5 cm³/mol. The molecule has 0 aliphatic heterocycles. The van der Waals surface area contributed by atoms with Crippen molar-refractivity contribution in [2.75, 3.05) is 0 Å². The smallest absolute Gasteiger partial charge is 0.0582 e. The summed E-state index contributed by atoms with van der Waals surface area (Å²) in [6.45, 7) is 19.3. The van der Waals surface area contributed by atoms with E-state index in [2.05, 4.69) is 68.4 Å². The molecule has 1 aromatic rings. The van der Waals surface area contributed by atoms with Gasteiger partial charge in [-0.3, -0.25) is 0 Å². The molecule has 0 aromatic heterocycles. The van der Waals surface area contributed by atoms with Crippen molar-refractivity contribution < 1.29 is 2.74 Å². The summed E-state index contributed by atoms with van der Waals surface area (Å²) in [7, 11) is 0. The molecule has 0 saturated heterocycles. The van der Waals surface area contributed by atoms with Crippen LogP contribution in [0.25, 0.3) is 0 Å². The van der Waals surface area contributed by atoms with Gasteiger partial charge in [0, 0.05) is 0 Å². The molecule has 0 nitrogen and oxygen atoms in total. The summed E-state index contributed by atoms with van der Waals surface area (Å²) in [6, 6.07) is 2.95. The molecule has 0 spiro atoms. The molecule has 0 aliphatic carbocycles. The molecule has 0 aliphatic rings. The molecule has 0 unspecified atom stereocenters. The number of rotatable bonds is 0. The Kier molecular flexibility index (Phi) is 3.00. The largest absolute Gasteiger partial charge is 0.0626 e. The molecule has 0 atom stereocenters. The lowest BCUT2D eigenvalue weighted by Gasteiger charge is -2.32. The minimum absolute atomic E-state index is 0.0217. The van der Waals surface area contributed by atoms with Crippen LogP contribution in [-0.2, 0) is 16.2 Å². The predicted octanol–water partition coefficient (Wildman–Crippen LogP) is 5.58. The van der Waals surface area contributed by atoms with E-state index >= 15 is 0 Å². The van der Waals surface area contributed by atoms with Gasteiger partial charge in [-0.15, -0.1) is 0 Å². The first-order valence-corrected chi connectivity index (χ1v) is 6.83. The van der Waals surface area contributed by atoms with Crippen LogP contribution in [0.4, 0.5) is 0 Å². The molecular formula is C18H30. The van der Waals surface area contributed by atoms with E-state index < -0.39 is 0 Å². The first kappa shape index (κ1) is 12.3. The second kappa shape index (κ2) is 4.40. The van der Waals surface area contributed by atoms with Crippen LogP contribution >= 0.6 is 0 Å². The van der Waals surface area contributed by atoms with Crippen LogP contribution in [0.5, 0.6) is 0 Å². The van der Waals surface area contributed by atoms with Gasteiger partial charge in [-0.05, 0) is 32.9 Å². The van der Waals surface area contributed by atoms with Crippen molar-refractivity contribution in [2.45, 2.75) is 78.6 Å². The fraction of sp³-hybridized carbons (Fsp3) is 0.667. The Labute approximate surface area is 117 Å². The Morgan fingerprint density at radius 2 is 1.11 bits per heavy atom. The molecule has 0 radical (unpaired) electrons. The van der Waals surface area contributed by atoms with E-state index in [0.29, 0.717) is 12.1 Å². The fourth-order valence-corrected chi connectivity index (χ4v) is 2.04. The van der Waals surface area contributed by atoms with Crippen molar-refractivity contribution in [3.05, 3.63) is 34.8 Å². The Bertz CT molecular complexity index is 506. The summed E-state index contributed by atoms with van der Waals surface area (Å²) in [4.78, 5) is 0. The Morgan fingerprint density at radius 1 is 0.667 bits per heavy atom. The van der Waals surface area contributed by atoms with Crippen molar-refractivity contribution in [1.29, 1.82) is 0 Å². The fourth-order valence-electron chi connectivity index (χ4n) is 2.04. The minimum Gasteiger partial charge on any atom is -0.0582 e. The zero-order valence-electron chi connectivity index (χ0n) is 15.6. The molecule has 0 heterocycles. The molecule has 0 bridgehead atoms. The molecule has 0 heteroatoms. The van der Waals surface area contributed by atoms with Gasteiger partial charge < -0.3 is 0 Å². The molecule has 0 fully saturated rings. The molecule has 1 rings (SSSR count). The summed E-state index contributed by atoms with van der Waals surface area (Å²) in [5.74, 6) is 0. The van der Waals surface area contributed by atoms with Gasteiger partial charge in [0.05, 0.1) is 2.74 Å². The molecule has 18 heavy (non-hydrogen) atoms. The van der Waals surface area contributed by atoms with E-state index in [9.17, 15) is 0 Å². The maximum Gasteiger partial charge on any atom is 0.0626 e. The molecule has 1 aromatic carbocycles. The zero-order valence-corrected chi connectivity index (χ0v) is 13.6. The van der Waals surface area contributed by atoms with Crippen LogP contribution in [0.15, 0.2) is 18.2 Å². The Morgan fingerprint density at radius 3 is 1.44 bits per heavy atom. The van der Waals surface area contributed by atoms with Gasteiger partial charge in [-0.25, -0.2) is 0 Å². The average molecular weight is 248 g/mol. The summed E-state index contributed by atoms with van der Waals surface area (Å²) >= 11 is 0. The van der Waals surface area contributed by atoms with E-state index in [4.69, 9.17) is 2.74 Å². The quantitative estimate of drug-likeness (QED) is 0.562. The topological polar surface area (TPSA) is 0 Å². The van der Waals surface area contributed by atoms with Crippen LogP contribution in [0.1, 0.15) is 81.7 Å². The second-order valence-corrected chi connectivity index (χ2v) is 8.35. The van der Waals surface area contributed by atoms with Crippen molar-refractivity contribution >= 4 is 0 Å². The Balaban J connectivity index is 3.85. The van der Waals surface area contributed by atoms with Crippen LogP contribution < -0.4 is 0 Å². The number of benzene rings is 1. The molecule has 0 amide bonds. The van der Waals surface area contributed by atoms with E-state index in [-0.39, 0.29) is 16.2 Å². The van der Waals surface area contributed by atoms with Gasteiger partial charge in [-0.2, -0.15) is 0 Å². The van der Waals surface area contributed by atoms with Gasteiger partial charge in [0.15, 0.2) is 0 Å². The highest BCUT2D eigenvalue weighted by Gasteiger charge is 2.26. The first-order valence-electron chi connectivity index (χ1n) is 7.83. The van der Waals surface area contributed by atoms with E-state index in [1.807, 2.05) is 0 Å². The van der Waals surface area contributed by atoms with E-state index in [1.54, 1.807) is 0 Å².